The van der Waals surface area contributed by atoms with Crippen molar-refractivity contribution in [1.82, 2.24) is 15.5 Å². The number of carbonyl (C=O) groups is 2. The molecular weight excluding hydrogens is 418 g/mol. The number of hydrogen-bond donors (Lipinski definition) is 3. The highest BCUT2D eigenvalue weighted by molar-refractivity contribution is 6.00. The first-order chi connectivity index (χ1) is 16.2. The molecule has 8 nitrogen and oxygen atoms in total. The number of nitrogens with one attached hydrogen (secondary N) is 3. The van der Waals surface area contributed by atoms with Crippen LogP contribution in [0.5, 0.6) is 5.75 Å². The Balaban J connectivity index is 1.25. The predicted octanol–water partition coefficient (Wildman–Crippen LogP) is 4.07. The van der Waals surface area contributed by atoms with Crippen molar-refractivity contribution in [1.29, 1.82) is 0 Å². The standard InChI is InChI=1S/C25H23N5O3/c31-24-22(13-14-30(24)18-9-5-2-6-10-18)33-19-11-12-21-20(15-19)23(29-28-21)27-25(32)26-16-17-7-3-1-4-8-17/h1-12,15,22H,13-14,16H2,(H3,26,27,28,29,32). The number of fused-ring (bicyclic) bond motifs is 1. The lowest BCUT2D eigenvalue weighted by atomic mass is 10.2. The molecule has 0 spiro atoms. The number of carbonyl (C=O) groups excluding carboxylic acids is 2. The molecule has 2 heterocycles. The highest BCUT2D eigenvalue weighted by Crippen LogP contribution is 2.29. The summed E-state index contributed by atoms with van der Waals surface area (Å²) in [6.07, 6.45) is 0.0459. The molecule has 0 radical (unpaired) electrons. The Kier molecular flexibility index (Phi) is 5.63. The van der Waals surface area contributed by atoms with Crippen molar-refractivity contribution in [2.24, 2.45) is 0 Å². The Morgan fingerprint density at radius 2 is 1.82 bits per heavy atom. The summed E-state index contributed by atoms with van der Waals surface area (Å²) >= 11 is 0. The van der Waals surface area contributed by atoms with E-state index < -0.39 is 6.10 Å². The van der Waals surface area contributed by atoms with Gasteiger partial charge in [-0.05, 0) is 35.9 Å². The van der Waals surface area contributed by atoms with Crippen molar-refractivity contribution in [3.05, 3.63) is 84.4 Å². The minimum absolute atomic E-state index is 0.0628. The highest BCUT2D eigenvalue weighted by Gasteiger charge is 2.34. The number of para-hydroxylation sites is 1. The lowest BCUT2D eigenvalue weighted by Gasteiger charge is -2.17. The molecule has 1 atom stereocenters. The molecular formula is C25H23N5O3. The maximum absolute atomic E-state index is 12.8. The molecule has 1 saturated heterocycles. The lowest BCUT2D eigenvalue weighted by Crippen LogP contribution is -2.32. The van der Waals surface area contributed by atoms with Crippen molar-refractivity contribution in [3.63, 3.8) is 0 Å². The predicted molar refractivity (Wildman–Crippen MR) is 126 cm³/mol. The van der Waals surface area contributed by atoms with Gasteiger partial charge in [-0.15, -0.1) is 0 Å². The normalized spacial score (nSPS) is 15.6. The van der Waals surface area contributed by atoms with Crippen LogP contribution in [-0.4, -0.2) is 34.8 Å². The van der Waals surface area contributed by atoms with Gasteiger partial charge in [-0.25, -0.2) is 4.79 Å². The minimum atomic E-state index is -0.555. The van der Waals surface area contributed by atoms with E-state index in [1.165, 1.54) is 0 Å². The summed E-state index contributed by atoms with van der Waals surface area (Å²) in [6, 6.07) is 24.3. The molecule has 1 aliphatic rings. The maximum atomic E-state index is 12.8. The van der Waals surface area contributed by atoms with E-state index in [0.29, 0.717) is 36.5 Å². The maximum Gasteiger partial charge on any atom is 0.320 e. The largest absolute Gasteiger partial charge is 0.480 e. The van der Waals surface area contributed by atoms with Gasteiger partial charge < -0.3 is 15.0 Å². The zero-order valence-corrected chi connectivity index (χ0v) is 17.8. The van der Waals surface area contributed by atoms with Crippen LogP contribution in [-0.2, 0) is 11.3 Å². The Hall–Kier alpha value is -4.33. The second kappa shape index (κ2) is 9.04. The van der Waals surface area contributed by atoms with Crippen LogP contribution in [0.25, 0.3) is 10.9 Å². The van der Waals surface area contributed by atoms with Gasteiger partial charge in [-0.3, -0.25) is 15.2 Å². The Bertz CT molecular complexity index is 1270. The summed E-state index contributed by atoms with van der Waals surface area (Å²) in [5, 5.41) is 13.4. The third kappa shape index (κ3) is 4.50. The molecule has 3 amide bonds. The number of amides is 3. The van der Waals surface area contributed by atoms with Crippen LogP contribution in [0.3, 0.4) is 0 Å². The molecule has 3 N–H and O–H groups in total. The number of rotatable bonds is 6. The van der Waals surface area contributed by atoms with Gasteiger partial charge >= 0.3 is 6.03 Å². The highest BCUT2D eigenvalue weighted by atomic mass is 16.5. The molecule has 33 heavy (non-hydrogen) atoms. The number of nitrogens with zero attached hydrogens (tertiary/aromatic N) is 2. The number of benzene rings is 3. The van der Waals surface area contributed by atoms with E-state index in [1.807, 2.05) is 66.7 Å². The van der Waals surface area contributed by atoms with Gasteiger partial charge in [0, 0.05) is 30.6 Å². The molecule has 0 aliphatic carbocycles. The SMILES string of the molecule is O=C(NCc1ccccc1)Nc1n[nH]c2ccc(OC3CCN(c4ccccc4)C3=O)cc12. The Labute approximate surface area is 190 Å². The summed E-state index contributed by atoms with van der Waals surface area (Å²) in [5.74, 6) is 0.877. The van der Waals surface area contributed by atoms with Gasteiger partial charge in [0.05, 0.1) is 5.52 Å². The van der Waals surface area contributed by atoms with Gasteiger partial charge in [-0.1, -0.05) is 48.5 Å². The molecule has 1 aromatic heterocycles. The second-order valence-corrected chi connectivity index (χ2v) is 7.79. The average molecular weight is 441 g/mol. The molecule has 8 heteroatoms. The van der Waals surface area contributed by atoms with Crippen LogP contribution in [0, 0.1) is 0 Å². The molecule has 1 unspecified atom stereocenters. The molecule has 1 fully saturated rings. The van der Waals surface area contributed by atoms with Crippen molar-refractivity contribution >= 4 is 34.3 Å². The first-order valence-electron chi connectivity index (χ1n) is 10.8. The van der Waals surface area contributed by atoms with Crippen LogP contribution in [0.1, 0.15) is 12.0 Å². The Morgan fingerprint density at radius 3 is 2.61 bits per heavy atom. The number of aromatic nitrogens is 2. The van der Waals surface area contributed by atoms with E-state index in [2.05, 4.69) is 20.8 Å². The van der Waals surface area contributed by atoms with Gasteiger partial charge in [-0.2, -0.15) is 5.10 Å². The average Bonchev–Trinajstić information content (AvgIpc) is 3.42. The van der Waals surface area contributed by atoms with Crippen molar-refractivity contribution in [2.75, 3.05) is 16.8 Å². The molecule has 3 aromatic carbocycles. The van der Waals surface area contributed by atoms with Crippen LogP contribution in [0.4, 0.5) is 16.3 Å². The fourth-order valence-electron chi connectivity index (χ4n) is 3.88. The Morgan fingerprint density at radius 1 is 1.06 bits per heavy atom. The van der Waals surface area contributed by atoms with Crippen LogP contribution in [0.15, 0.2) is 78.9 Å². The molecule has 5 rings (SSSR count). The van der Waals surface area contributed by atoms with Gasteiger partial charge in [0.25, 0.3) is 5.91 Å². The number of urea groups is 1. The summed E-state index contributed by atoms with van der Waals surface area (Å²) < 4.78 is 6.02. The molecule has 4 aromatic rings. The van der Waals surface area contributed by atoms with E-state index in [4.69, 9.17) is 4.74 Å². The van der Waals surface area contributed by atoms with Crippen LogP contribution < -0.4 is 20.3 Å². The lowest BCUT2D eigenvalue weighted by molar-refractivity contribution is -0.122. The number of anilines is 2. The van der Waals surface area contributed by atoms with E-state index in [9.17, 15) is 9.59 Å². The summed E-state index contributed by atoms with van der Waals surface area (Å²) in [6.45, 7) is 1.01. The fourth-order valence-corrected chi connectivity index (χ4v) is 3.88. The topological polar surface area (TPSA) is 99.3 Å². The van der Waals surface area contributed by atoms with Crippen molar-refractivity contribution in [2.45, 2.75) is 19.1 Å². The summed E-state index contributed by atoms with van der Waals surface area (Å²) in [5.41, 5.74) is 2.62. The van der Waals surface area contributed by atoms with Crippen molar-refractivity contribution < 1.29 is 14.3 Å². The van der Waals surface area contributed by atoms with Crippen molar-refractivity contribution in [3.8, 4) is 5.75 Å². The third-order valence-corrected chi connectivity index (χ3v) is 5.56. The quantitative estimate of drug-likeness (QED) is 0.420. The van der Waals surface area contributed by atoms with E-state index in [0.717, 1.165) is 16.8 Å². The molecule has 0 saturated carbocycles. The number of hydrogen-bond acceptors (Lipinski definition) is 4. The number of ether oxygens (including phenoxy) is 1. The zero-order chi connectivity index (χ0) is 22.6. The smallest absolute Gasteiger partial charge is 0.320 e. The van der Waals surface area contributed by atoms with Crippen LogP contribution in [0.2, 0.25) is 0 Å². The fraction of sp³-hybridized carbons (Fsp3) is 0.160. The van der Waals surface area contributed by atoms with Gasteiger partial charge in [0.1, 0.15) is 5.75 Å². The molecule has 1 aliphatic heterocycles. The van der Waals surface area contributed by atoms with Gasteiger partial charge in [0.15, 0.2) is 11.9 Å². The van der Waals surface area contributed by atoms with E-state index >= 15 is 0 Å². The van der Waals surface area contributed by atoms with E-state index in [-0.39, 0.29) is 11.9 Å². The first-order valence-corrected chi connectivity index (χ1v) is 10.8. The minimum Gasteiger partial charge on any atom is -0.480 e. The number of H-pyrrole nitrogens is 1. The summed E-state index contributed by atoms with van der Waals surface area (Å²) in [4.78, 5) is 26.9. The first kappa shape index (κ1) is 20.6. The molecule has 166 valence electrons. The van der Waals surface area contributed by atoms with E-state index in [1.54, 1.807) is 17.0 Å². The second-order valence-electron chi connectivity index (χ2n) is 7.79. The monoisotopic (exact) mass is 441 g/mol. The van der Waals surface area contributed by atoms with Gasteiger partial charge in [0.2, 0.25) is 0 Å². The zero-order valence-electron chi connectivity index (χ0n) is 17.8. The third-order valence-electron chi connectivity index (χ3n) is 5.56. The summed E-state index contributed by atoms with van der Waals surface area (Å²) in [7, 11) is 0. The van der Waals surface area contributed by atoms with Crippen LogP contribution >= 0.6 is 0 Å². The molecule has 0 bridgehead atoms. The number of aromatic amines is 1.